The first kappa shape index (κ1) is 17.3. The summed E-state index contributed by atoms with van der Waals surface area (Å²) >= 11 is 0. The smallest absolute Gasteiger partial charge is 0.224 e. The van der Waals surface area contributed by atoms with Gasteiger partial charge >= 0.3 is 0 Å². The van der Waals surface area contributed by atoms with Crippen molar-refractivity contribution in [3.63, 3.8) is 0 Å². The van der Waals surface area contributed by atoms with E-state index < -0.39 is 0 Å². The molecule has 0 saturated heterocycles. The topological polar surface area (TPSA) is 67.0 Å². The number of carbonyl (C=O) groups is 1. The van der Waals surface area contributed by atoms with Gasteiger partial charge in [0.25, 0.3) is 0 Å². The number of rotatable bonds is 7. The predicted molar refractivity (Wildman–Crippen MR) is 108 cm³/mol. The molecule has 0 radical (unpaired) electrons. The van der Waals surface area contributed by atoms with Crippen LogP contribution in [0, 0.1) is 11.8 Å². The number of amides is 1. The molecule has 2 N–H and O–H groups in total. The Hall–Kier alpha value is -2.82. The van der Waals surface area contributed by atoms with Crippen LogP contribution in [-0.2, 0) is 4.79 Å². The van der Waals surface area contributed by atoms with Crippen LogP contribution in [-0.4, -0.2) is 22.5 Å². The second-order valence-corrected chi connectivity index (χ2v) is 8.14. The zero-order valence-electron chi connectivity index (χ0n) is 16.0. The number of pyridine rings is 1. The number of aromatic nitrogens is 2. The quantitative estimate of drug-likeness (QED) is 0.646. The van der Waals surface area contributed by atoms with Crippen LogP contribution in [0.2, 0.25) is 0 Å². The van der Waals surface area contributed by atoms with E-state index >= 15 is 0 Å². The van der Waals surface area contributed by atoms with Crippen molar-refractivity contribution in [1.29, 1.82) is 0 Å². The first-order valence-corrected chi connectivity index (χ1v) is 10.1. The van der Waals surface area contributed by atoms with Gasteiger partial charge in [-0.05, 0) is 67.2 Å². The van der Waals surface area contributed by atoms with Crippen LogP contribution in [0.1, 0.15) is 49.4 Å². The Bertz CT molecular complexity index is 991. The largest absolute Gasteiger partial charge is 0.492 e. The minimum Gasteiger partial charge on any atom is -0.492 e. The molecule has 3 aromatic rings. The standard InChI is InChI=1S/C23H25N3O2/c1-14(21-8-7-17(12-25-21)28-13-15-5-6-15)26-23(27)20-11-19(20)18-4-2-3-16-9-10-24-22(16)18/h2-4,7-10,12,14-15,19-20,24H,5-6,11,13H2,1H3,(H,26,27)/t14?,19-,20+/m0/s1. The maximum absolute atomic E-state index is 12.7. The summed E-state index contributed by atoms with van der Waals surface area (Å²) in [5.74, 6) is 1.96. The number of H-pyrrole nitrogens is 1. The van der Waals surface area contributed by atoms with Crippen molar-refractivity contribution in [2.75, 3.05) is 6.61 Å². The summed E-state index contributed by atoms with van der Waals surface area (Å²) in [5, 5.41) is 4.33. The molecule has 2 aliphatic carbocycles. The lowest BCUT2D eigenvalue weighted by molar-refractivity contribution is -0.123. The summed E-state index contributed by atoms with van der Waals surface area (Å²) in [4.78, 5) is 20.5. The van der Waals surface area contributed by atoms with Crippen LogP contribution < -0.4 is 10.1 Å². The maximum atomic E-state index is 12.7. The number of nitrogens with one attached hydrogen (secondary N) is 2. The lowest BCUT2D eigenvalue weighted by Crippen LogP contribution is -2.29. The Labute approximate surface area is 164 Å². The van der Waals surface area contributed by atoms with Gasteiger partial charge in [-0.1, -0.05) is 18.2 Å². The van der Waals surface area contributed by atoms with Crippen molar-refractivity contribution in [3.05, 3.63) is 60.0 Å². The summed E-state index contributed by atoms with van der Waals surface area (Å²) in [6.07, 6.45) is 7.16. The van der Waals surface area contributed by atoms with Crippen LogP contribution in [0.4, 0.5) is 0 Å². The highest BCUT2D eigenvalue weighted by Gasteiger charge is 2.45. The number of ether oxygens (including phenoxy) is 1. The van der Waals surface area contributed by atoms with Crippen molar-refractivity contribution in [1.82, 2.24) is 15.3 Å². The molecular formula is C23H25N3O2. The molecule has 2 fully saturated rings. The molecule has 0 spiro atoms. The highest BCUT2D eigenvalue weighted by molar-refractivity contribution is 5.87. The van der Waals surface area contributed by atoms with Crippen molar-refractivity contribution in [2.45, 2.75) is 38.1 Å². The predicted octanol–water partition coefficient (Wildman–Crippen LogP) is 4.33. The third-order valence-corrected chi connectivity index (χ3v) is 5.89. The minimum absolute atomic E-state index is 0.0394. The summed E-state index contributed by atoms with van der Waals surface area (Å²) in [7, 11) is 0. The van der Waals surface area contributed by atoms with E-state index in [1.54, 1.807) is 6.20 Å². The van der Waals surface area contributed by atoms with Gasteiger partial charge < -0.3 is 15.0 Å². The van der Waals surface area contributed by atoms with Gasteiger partial charge in [0.1, 0.15) is 5.75 Å². The Kier molecular flexibility index (Phi) is 4.30. The van der Waals surface area contributed by atoms with E-state index in [2.05, 4.69) is 39.6 Å². The van der Waals surface area contributed by atoms with Crippen molar-refractivity contribution in [3.8, 4) is 5.75 Å². The average Bonchev–Trinajstić information content (AvgIpc) is 3.63. The van der Waals surface area contributed by atoms with E-state index in [4.69, 9.17) is 4.74 Å². The van der Waals surface area contributed by atoms with E-state index in [0.717, 1.165) is 35.9 Å². The molecule has 3 atom stereocenters. The molecule has 1 amide bonds. The monoisotopic (exact) mass is 375 g/mol. The molecule has 1 unspecified atom stereocenters. The number of para-hydroxylation sites is 1. The van der Waals surface area contributed by atoms with Crippen LogP contribution >= 0.6 is 0 Å². The van der Waals surface area contributed by atoms with Gasteiger partial charge in [0.2, 0.25) is 5.91 Å². The average molecular weight is 375 g/mol. The second-order valence-electron chi connectivity index (χ2n) is 8.14. The van der Waals surface area contributed by atoms with Gasteiger partial charge in [0, 0.05) is 17.6 Å². The molecule has 28 heavy (non-hydrogen) atoms. The van der Waals surface area contributed by atoms with Crippen LogP contribution in [0.25, 0.3) is 10.9 Å². The summed E-state index contributed by atoms with van der Waals surface area (Å²) in [5.41, 5.74) is 3.25. The highest BCUT2D eigenvalue weighted by Crippen LogP contribution is 2.49. The lowest BCUT2D eigenvalue weighted by Gasteiger charge is -2.14. The van der Waals surface area contributed by atoms with E-state index in [1.807, 2.05) is 25.3 Å². The zero-order valence-corrected chi connectivity index (χ0v) is 16.0. The molecule has 144 valence electrons. The number of carbonyl (C=O) groups excluding carboxylic acids is 1. The van der Waals surface area contributed by atoms with Crippen LogP contribution in [0.3, 0.4) is 0 Å². The molecule has 2 heterocycles. The Morgan fingerprint density at radius 3 is 2.96 bits per heavy atom. The van der Waals surface area contributed by atoms with Crippen molar-refractivity contribution >= 4 is 16.8 Å². The first-order valence-electron chi connectivity index (χ1n) is 10.1. The second kappa shape index (κ2) is 6.97. The Balaban J connectivity index is 1.19. The Morgan fingerprint density at radius 1 is 1.29 bits per heavy atom. The van der Waals surface area contributed by atoms with Gasteiger partial charge in [0.15, 0.2) is 0 Å². The third kappa shape index (κ3) is 3.49. The van der Waals surface area contributed by atoms with E-state index in [1.165, 1.54) is 23.8 Å². The number of aromatic amines is 1. The Morgan fingerprint density at radius 2 is 2.18 bits per heavy atom. The van der Waals surface area contributed by atoms with Gasteiger partial charge in [-0.3, -0.25) is 9.78 Å². The number of nitrogens with zero attached hydrogens (tertiary/aromatic N) is 1. The van der Waals surface area contributed by atoms with Gasteiger partial charge in [-0.15, -0.1) is 0 Å². The summed E-state index contributed by atoms with van der Waals surface area (Å²) < 4.78 is 5.73. The molecule has 5 nitrogen and oxygen atoms in total. The highest BCUT2D eigenvalue weighted by atomic mass is 16.5. The number of benzene rings is 1. The molecule has 0 bridgehead atoms. The summed E-state index contributed by atoms with van der Waals surface area (Å²) in [6, 6.07) is 12.1. The molecule has 2 aromatic heterocycles. The van der Waals surface area contributed by atoms with Crippen molar-refractivity contribution in [2.24, 2.45) is 11.8 Å². The molecule has 5 heteroatoms. The SMILES string of the molecule is CC(NC(=O)[C@@H]1C[C@H]1c1cccc2cc[nH]c12)c1ccc(OCC2CC2)cn1. The van der Waals surface area contributed by atoms with Crippen molar-refractivity contribution < 1.29 is 9.53 Å². The fourth-order valence-corrected chi connectivity index (χ4v) is 3.87. The molecular weight excluding hydrogens is 350 g/mol. The number of fused-ring (bicyclic) bond motifs is 1. The molecule has 2 saturated carbocycles. The van der Waals surface area contributed by atoms with E-state index in [-0.39, 0.29) is 17.9 Å². The molecule has 2 aliphatic rings. The van der Waals surface area contributed by atoms with E-state index in [9.17, 15) is 4.79 Å². The van der Waals surface area contributed by atoms with E-state index in [0.29, 0.717) is 5.92 Å². The minimum atomic E-state index is -0.118. The molecule has 0 aliphatic heterocycles. The summed E-state index contributed by atoms with van der Waals surface area (Å²) in [6.45, 7) is 2.76. The lowest BCUT2D eigenvalue weighted by atomic mass is 10.1. The normalized spacial score (nSPS) is 22.0. The fourth-order valence-electron chi connectivity index (χ4n) is 3.87. The molecule has 5 rings (SSSR count). The van der Waals surface area contributed by atoms with Gasteiger partial charge in [0.05, 0.1) is 24.5 Å². The molecule has 1 aromatic carbocycles. The maximum Gasteiger partial charge on any atom is 0.224 e. The van der Waals surface area contributed by atoms with Crippen LogP contribution in [0.5, 0.6) is 5.75 Å². The number of hydrogen-bond donors (Lipinski definition) is 2. The zero-order chi connectivity index (χ0) is 19.1. The third-order valence-electron chi connectivity index (χ3n) is 5.89. The van der Waals surface area contributed by atoms with Gasteiger partial charge in [-0.2, -0.15) is 0 Å². The van der Waals surface area contributed by atoms with Crippen LogP contribution in [0.15, 0.2) is 48.8 Å². The first-order chi connectivity index (χ1) is 13.7. The fraction of sp³-hybridized carbons (Fsp3) is 0.391. The van der Waals surface area contributed by atoms with Gasteiger partial charge in [-0.25, -0.2) is 0 Å². The number of hydrogen-bond acceptors (Lipinski definition) is 3.